The van der Waals surface area contributed by atoms with E-state index < -0.39 is 5.91 Å². The van der Waals surface area contributed by atoms with Crippen LogP contribution in [-0.2, 0) is 0 Å². The fraction of sp³-hybridized carbons (Fsp3) is 0.0526. The van der Waals surface area contributed by atoms with Crippen LogP contribution in [0, 0.1) is 6.92 Å². The Kier molecular flexibility index (Phi) is 4.91. The summed E-state index contributed by atoms with van der Waals surface area (Å²) in [5.41, 5.74) is 2.07. The fourth-order valence-electron chi connectivity index (χ4n) is 2.51. The van der Waals surface area contributed by atoms with Crippen LogP contribution in [0.2, 0.25) is 15.1 Å². The van der Waals surface area contributed by atoms with Gasteiger partial charge in [-0.15, -0.1) is 0 Å². The zero-order valence-corrected chi connectivity index (χ0v) is 15.0. The van der Waals surface area contributed by atoms with E-state index in [2.05, 4.69) is 4.99 Å². The maximum absolute atomic E-state index is 12.4. The molecule has 0 atom stereocenters. The number of hydrogen-bond donors (Lipinski definition) is 0. The number of aliphatic imine (C=N–C) groups is 1. The lowest BCUT2D eigenvalue weighted by Crippen LogP contribution is -2.00. The molecule has 0 radical (unpaired) electrons. The SMILES string of the molecule is Cc1ccc2ccccc2c1C=NC(=O)c1c(Cl)cc(Cl)cc1Cl. The molecule has 1 amide bonds. The van der Waals surface area contributed by atoms with Crippen molar-refractivity contribution in [2.45, 2.75) is 6.92 Å². The molecule has 0 saturated carbocycles. The quantitative estimate of drug-likeness (QED) is 0.478. The van der Waals surface area contributed by atoms with E-state index >= 15 is 0 Å². The zero-order chi connectivity index (χ0) is 17.3. The summed E-state index contributed by atoms with van der Waals surface area (Å²) < 4.78 is 0. The molecular formula is C19H12Cl3NO. The summed E-state index contributed by atoms with van der Waals surface area (Å²) in [6.45, 7) is 1.97. The van der Waals surface area contributed by atoms with Crippen LogP contribution in [0.15, 0.2) is 53.5 Å². The Morgan fingerprint density at radius 2 is 1.67 bits per heavy atom. The van der Waals surface area contributed by atoms with Crippen molar-refractivity contribution in [2.24, 2.45) is 4.99 Å². The second-order valence-corrected chi connectivity index (χ2v) is 6.58. The minimum atomic E-state index is -0.506. The van der Waals surface area contributed by atoms with Gasteiger partial charge in [0.25, 0.3) is 5.91 Å². The monoisotopic (exact) mass is 375 g/mol. The first-order valence-electron chi connectivity index (χ1n) is 7.18. The van der Waals surface area contributed by atoms with Crippen molar-refractivity contribution >= 4 is 57.7 Å². The summed E-state index contributed by atoms with van der Waals surface area (Å²) in [5.74, 6) is -0.506. The van der Waals surface area contributed by atoms with E-state index in [1.165, 1.54) is 12.1 Å². The predicted octanol–water partition coefficient (Wildman–Crippen LogP) is 6.37. The molecule has 0 saturated heterocycles. The number of fused-ring (bicyclic) bond motifs is 1. The molecule has 5 heteroatoms. The number of amides is 1. The van der Waals surface area contributed by atoms with E-state index in [1.807, 2.05) is 43.3 Å². The van der Waals surface area contributed by atoms with Crippen LogP contribution in [0.3, 0.4) is 0 Å². The predicted molar refractivity (Wildman–Crippen MR) is 102 cm³/mol. The molecule has 3 aromatic rings. The molecule has 3 rings (SSSR count). The van der Waals surface area contributed by atoms with Crippen molar-refractivity contribution in [3.63, 3.8) is 0 Å². The van der Waals surface area contributed by atoms with Crippen LogP contribution < -0.4 is 0 Å². The Labute approximate surface area is 154 Å². The van der Waals surface area contributed by atoms with Crippen molar-refractivity contribution in [1.82, 2.24) is 0 Å². The average molecular weight is 377 g/mol. The lowest BCUT2D eigenvalue weighted by molar-refractivity contribution is 0.100. The van der Waals surface area contributed by atoms with Gasteiger partial charge in [0, 0.05) is 16.8 Å². The fourth-order valence-corrected chi connectivity index (χ4v) is 3.49. The summed E-state index contributed by atoms with van der Waals surface area (Å²) >= 11 is 18.0. The summed E-state index contributed by atoms with van der Waals surface area (Å²) in [7, 11) is 0. The van der Waals surface area contributed by atoms with Gasteiger partial charge in [-0.25, -0.2) is 4.99 Å². The van der Waals surface area contributed by atoms with Crippen LogP contribution >= 0.6 is 34.8 Å². The smallest absolute Gasteiger partial charge is 0.267 e. The Bertz CT molecular complexity index is 957. The van der Waals surface area contributed by atoms with Gasteiger partial charge in [-0.3, -0.25) is 4.79 Å². The number of carbonyl (C=O) groups is 1. The molecule has 0 spiro atoms. The molecule has 0 bridgehead atoms. The molecule has 24 heavy (non-hydrogen) atoms. The van der Waals surface area contributed by atoms with Crippen molar-refractivity contribution in [3.05, 3.63) is 80.3 Å². The van der Waals surface area contributed by atoms with Gasteiger partial charge in [-0.1, -0.05) is 71.2 Å². The minimum absolute atomic E-state index is 0.150. The molecule has 0 heterocycles. The van der Waals surface area contributed by atoms with Gasteiger partial charge in [0.2, 0.25) is 0 Å². The number of halogens is 3. The number of hydrogen-bond acceptors (Lipinski definition) is 1. The molecule has 0 fully saturated rings. The summed E-state index contributed by atoms with van der Waals surface area (Å²) in [6, 6.07) is 14.9. The number of nitrogens with zero attached hydrogens (tertiary/aromatic N) is 1. The van der Waals surface area contributed by atoms with Crippen LogP contribution in [0.5, 0.6) is 0 Å². The topological polar surface area (TPSA) is 29.4 Å². The van der Waals surface area contributed by atoms with Gasteiger partial charge in [0.1, 0.15) is 0 Å². The summed E-state index contributed by atoms with van der Waals surface area (Å²) in [4.78, 5) is 16.5. The van der Waals surface area contributed by atoms with Gasteiger partial charge in [-0.05, 0) is 35.4 Å². The number of aryl methyl sites for hydroxylation is 1. The van der Waals surface area contributed by atoms with Crippen molar-refractivity contribution in [3.8, 4) is 0 Å². The lowest BCUT2D eigenvalue weighted by Gasteiger charge is -2.06. The van der Waals surface area contributed by atoms with Gasteiger partial charge in [0.05, 0.1) is 15.6 Å². The Balaban J connectivity index is 2.03. The van der Waals surface area contributed by atoms with Crippen LogP contribution in [0.1, 0.15) is 21.5 Å². The second-order valence-electron chi connectivity index (χ2n) is 5.33. The molecular weight excluding hydrogens is 365 g/mol. The first-order valence-corrected chi connectivity index (χ1v) is 8.32. The van der Waals surface area contributed by atoms with Crippen LogP contribution in [0.4, 0.5) is 0 Å². The molecule has 0 N–H and O–H groups in total. The van der Waals surface area contributed by atoms with Crippen molar-refractivity contribution in [1.29, 1.82) is 0 Å². The average Bonchev–Trinajstić information content (AvgIpc) is 2.53. The summed E-state index contributed by atoms with van der Waals surface area (Å²) in [6.07, 6.45) is 1.56. The normalized spacial score (nSPS) is 11.3. The highest BCUT2D eigenvalue weighted by atomic mass is 35.5. The van der Waals surface area contributed by atoms with Gasteiger partial charge >= 0.3 is 0 Å². The highest BCUT2D eigenvalue weighted by Gasteiger charge is 2.15. The number of benzene rings is 3. The van der Waals surface area contributed by atoms with E-state index in [0.717, 1.165) is 21.9 Å². The number of carbonyl (C=O) groups excluding carboxylic acids is 1. The first-order chi connectivity index (χ1) is 11.5. The van der Waals surface area contributed by atoms with Crippen molar-refractivity contribution < 1.29 is 4.79 Å². The van der Waals surface area contributed by atoms with Crippen LogP contribution in [-0.4, -0.2) is 12.1 Å². The zero-order valence-electron chi connectivity index (χ0n) is 12.7. The molecule has 0 aliphatic heterocycles. The highest BCUT2D eigenvalue weighted by molar-refractivity contribution is 6.42. The van der Waals surface area contributed by atoms with E-state index in [4.69, 9.17) is 34.8 Å². The maximum Gasteiger partial charge on any atom is 0.280 e. The molecule has 0 aromatic heterocycles. The van der Waals surface area contributed by atoms with Crippen LogP contribution in [0.25, 0.3) is 10.8 Å². The van der Waals surface area contributed by atoms with Gasteiger partial charge < -0.3 is 0 Å². The molecule has 3 aromatic carbocycles. The third kappa shape index (κ3) is 3.32. The van der Waals surface area contributed by atoms with Crippen molar-refractivity contribution in [2.75, 3.05) is 0 Å². The third-order valence-corrected chi connectivity index (χ3v) is 4.53. The van der Waals surface area contributed by atoms with E-state index in [9.17, 15) is 4.79 Å². The minimum Gasteiger partial charge on any atom is -0.267 e. The van der Waals surface area contributed by atoms with E-state index in [0.29, 0.717) is 5.02 Å². The second kappa shape index (κ2) is 6.94. The third-order valence-electron chi connectivity index (χ3n) is 3.72. The first kappa shape index (κ1) is 17.0. The Hall–Kier alpha value is -1.87. The molecule has 0 unspecified atom stereocenters. The Morgan fingerprint density at radius 3 is 2.38 bits per heavy atom. The number of rotatable bonds is 2. The van der Waals surface area contributed by atoms with E-state index in [1.54, 1.807) is 6.21 Å². The van der Waals surface area contributed by atoms with E-state index in [-0.39, 0.29) is 15.6 Å². The maximum atomic E-state index is 12.4. The lowest BCUT2D eigenvalue weighted by atomic mass is 10.0. The largest absolute Gasteiger partial charge is 0.280 e. The standard InChI is InChI=1S/C19H12Cl3NO/c1-11-6-7-12-4-2-3-5-14(12)15(11)10-23-19(24)18-16(21)8-13(20)9-17(18)22/h2-10H,1H3. The molecule has 0 aliphatic carbocycles. The van der Waals surface area contributed by atoms with Gasteiger partial charge in [0.15, 0.2) is 0 Å². The summed E-state index contributed by atoms with van der Waals surface area (Å²) in [5, 5.41) is 2.85. The molecule has 0 aliphatic rings. The van der Waals surface area contributed by atoms with Gasteiger partial charge in [-0.2, -0.15) is 0 Å². The molecule has 120 valence electrons. The molecule has 2 nitrogen and oxygen atoms in total. The Morgan fingerprint density at radius 1 is 1.00 bits per heavy atom. The highest BCUT2D eigenvalue weighted by Crippen LogP contribution is 2.29.